The lowest BCUT2D eigenvalue weighted by molar-refractivity contribution is -0.140. The first-order valence-electron chi connectivity index (χ1n) is 11.7. The highest BCUT2D eigenvalue weighted by Gasteiger charge is 2.32. The maximum atomic E-state index is 13.0. The monoisotopic (exact) mass is 449 g/mol. The van der Waals surface area contributed by atoms with Gasteiger partial charge in [0.25, 0.3) is 5.91 Å². The zero-order chi connectivity index (χ0) is 23.2. The highest BCUT2D eigenvalue weighted by Crippen LogP contribution is 2.23. The SMILES string of the molecule is Cc1ccoc1C(=O)NC1CCN(C(=O)C2CCN(C(=O)/C=C/c3ccccc3)CC2)CC1. The van der Waals surface area contributed by atoms with Crippen LogP contribution in [0.3, 0.4) is 0 Å². The van der Waals surface area contributed by atoms with Gasteiger partial charge in [-0.3, -0.25) is 14.4 Å². The summed E-state index contributed by atoms with van der Waals surface area (Å²) in [6.45, 7) is 4.32. The van der Waals surface area contributed by atoms with E-state index in [1.807, 2.05) is 53.1 Å². The molecule has 0 aliphatic carbocycles. The van der Waals surface area contributed by atoms with Gasteiger partial charge in [-0.1, -0.05) is 30.3 Å². The number of hydrogen-bond donors (Lipinski definition) is 1. The summed E-state index contributed by atoms with van der Waals surface area (Å²) in [4.78, 5) is 41.6. The number of benzene rings is 1. The summed E-state index contributed by atoms with van der Waals surface area (Å²) in [5, 5.41) is 3.02. The number of furan rings is 1. The van der Waals surface area contributed by atoms with Crippen molar-refractivity contribution >= 4 is 23.8 Å². The lowest BCUT2D eigenvalue weighted by Gasteiger charge is -2.37. The molecule has 0 atom stereocenters. The van der Waals surface area contributed by atoms with Crippen LogP contribution >= 0.6 is 0 Å². The number of nitrogens with zero attached hydrogens (tertiary/aromatic N) is 2. The van der Waals surface area contributed by atoms with Crippen LogP contribution in [0.15, 0.2) is 53.2 Å². The quantitative estimate of drug-likeness (QED) is 0.711. The average molecular weight is 450 g/mol. The van der Waals surface area contributed by atoms with Gasteiger partial charge in [0.15, 0.2) is 5.76 Å². The van der Waals surface area contributed by atoms with Crippen molar-refractivity contribution < 1.29 is 18.8 Å². The fraction of sp³-hybridized carbons (Fsp3) is 0.423. The molecule has 3 heterocycles. The summed E-state index contributed by atoms with van der Waals surface area (Å²) >= 11 is 0. The molecule has 7 heteroatoms. The van der Waals surface area contributed by atoms with E-state index < -0.39 is 0 Å². The summed E-state index contributed by atoms with van der Waals surface area (Å²) < 4.78 is 5.26. The normalized spacial score (nSPS) is 18.0. The highest BCUT2D eigenvalue weighted by atomic mass is 16.3. The minimum Gasteiger partial charge on any atom is -0.459 e. The van der Waals surface area contributed by atoms with Crippen LogP contribution in [0.4, 0.5) is 0 Å². The van der Waals surface area contributed by atoms with E-state index in [9.17, 15) is 14.4 Å². The Balaban J connectivity index is 1.20. The van der Waals surface area contributed by atoms with Crippen LogP contribution < -0.4 is 5.32 Å². The first-order valence-corrected chi connectivity index (χ1v) is 11.7. The van der Waals surface area contributed by atoms with Crippen molar-refractivity contribution in [3.8, 4) is 0 Å². The Hall–Kier alpha value is -3.35. The summed E-state index contributed by atoms with van der Waals surface area (Å²) in [5.41, 5.74) is 1.82. The molecule has 0 spiro atoms. The number of likely N-dealkylation sites (tertiary alicyclic amines) is 2. The molecule has 7 nitrogen and oxygen atoms in total. The van der Waals surface area contributed by atoms with Crippen LogP contribution in [0.1, 0.15) is 47.4 Å². The Morgan fingerprint density at radius 1 is 0.939 bits per heavy atom. The molecule has 1 aromatic carbocycles. The molecule has 2 aromatic rings. The predicted molar refractivity (Wildman–Crippen MR) is 125 cm³/mol. The number of rotatable bonds is 5. The van der Waals surface area contributed by atoms with Crippen molar-refractivity contribution in [1.29, 1.82) is 0 Å². The molecule has 1 N–H and O–H groups in total. The van der Waals surface area contributed by atoms with E-state index in [1.165, 1.54) is 6.26 Å². The van der Waals surface area contributed by atoms with Gasteiger partial charge in [0.05, 0.1) is 6.26 Å². The molecular formula is C26H31N3O4. The molecule has 4 rings (SSSR count). The third-order valence-electron chi connectivity index (χ3n) is 6.58. The van der Waals surface area contributed by atoms with Gasteiger partial charge in [0, 0.05) is 49.8 Å². The summed E-state index contributed by atoms with van der Waals surface area (Å²) in [6.07, 6.45) is 7.81. The Morgan fingerprint density at radius 3 is 2.24 bits per heavy atom. The Labute approximate surface area is 194 Å². The second-order valence-corrected chi connectivity index (χ2v) is 8.85. The van der Waals surface area contributed by atoms with Crippen molar-refractivity contribution in [2.75, 3.05) is 26.2 Å². The molecule has 0 saturated carbocycles. The van der Waals surface area contributed by atoms with Crippen molar-refractivity contribution in [2.24, 2.45) is 5.92 Å². The maximum Gasteiger partial charge on any atom is 0.287 e. The Bertz CT molecular complexity index is 998. The smallest absolute Gasteiger partial charge is 0.287 e. The van der Waals surface area contributed by atoms with E-state index in [1.54, 1.807) is 12.1 Å². The average Bonchev–Trinajstić information content (AvgIpc) is 3.29. The summed E-state index contributed by atoms with van der Waals surface area (Å²) in [6, 6.07) is 11.6. The van der Waals surface area contributed by atoms with Gasteiger partial charge in [-0.2, -0.15) is 0 Å². The van der Waals surface area contributed by atoms with Crippen LogP contribution in [0.25, 0.3) is 6.08 Å². The summed E-state index contributed by atoms with van der Waals surface area (Å²) in [5.74, 6) is 0.291. The van der Waals surface area contributed by atoms with Gasteiger partial charge in [0.2, 0.25) is 11.8 Å². The fourth-order valence-corrected chi connectivity index (χ4v) is 4.54. The molecule has 3 amide bonds. The third kappa shape index (κ3) is 5.72. The standard InChI is InChI=1S/C26H31N3O4/c1-19-13-18-33-24(19)25(31)27-22-11-16-29(17-12-22)26(32)21-9-14-28(15-10-21)23(30)8-7-20-5-3-2-4-6-20/h2-8,13,18,21-22H,9-12,14-17H2,1H3,(H,27,31)/b8-7+. The number of hydrogen-bond acceptors (Lipinski definition) is 4. The zero-order valence-electron chi connectivity index (χ0n) is 19.0. The molecule has 2 aliphatic heterocycles. The highest BCUT2D eigenvalue weighted by molar-refractivity contribution is 5.93. The van der Waals surface area contributed by atoms with Gasteiger partial charge in [-0.05, 0) is 50.3 Å². The van der Waals surface area contributed by atoms with Crippen LogP contribution in [0.2, 0.25) is 0 Å². The molecule has 2 saturated heterocycles. The Kier molecular flexibility index (Phi) is 7.27. The molecule has 33 heavy (non-hydrogen) atoms. The van der Waals surface area contributed by atoms with Gasteiger partial charge >= 0.3 is 0 Å². The van der Waals surface area contributed by atoms with E-state index in [-0.39, 0.29) is 29.7 Å². The molecule has 0 bridgehead atoms. The van der Waals surface area contributed by atoms with Crippen LogP contribution in [-0.2, 0) is 9.59 Å². The van der Waals surface area contributed by atoms with Crippen molar-refractivity contribution in [3.05, 3.63) is 65.6 Å². The molecule has 1 aromatic heterocycles. The minimum atomic E-state index is -0.194. The number of aryl methyl sites for hydroxylation is 1. The van der Waals surface area contributed by atoms with E-state index in [0.29, 0.717) is 44.8 Å². The van der Waals surface area contributed by atoms with Gasteiger partial charge in [-0.25, -0.2) is 0 Å². The second kappa shape index (κ2) is 10.5. The topological polar surface area (TPSA) is 82.9 Å². The van der Waals surface area contributed by atoms with Crippen molar-refractivity contribution in [2.45, 2.75) is 38.6 Å². The minimum absolute atomic E-state index is 0.00639. The zero-order valence-corrected chi connectivity index (χ0v) is 19.0. The number of carbonyl (C=O) groups is 3. The molecule has 2 fully saturated rings. The van der Waals surface area contributed by atoms with Gasteiger partial charge in [0.1, 0.15) is 0 Å². The van der Waals surface area contributed by atoms with E-state index >= 15 is 0 Å². The van der Waals surface area contributed by atoms with E-state index in [0.717, 1.165) is 24.0 Å². The molecule has 0 radical (unpaired) electrons. The van der Waals surface area contributed by atoms with Gasteiger partial charge in [-0.15, -0.1) is 0 Å². The van der Waals surface area contributed by atoms with Crippen LogP contribution in [-0.4, -0.2) is 59.7 Å². The third-order valence-corrected chi connectivity index (χ3v) is 6.58. The first kappa shape index (κ1) is 22.8. The lowest BCUT2D eigenvalue weighted by Crippen LogP contribution is -2.49. The van der Waals surface area contributed by atoms with Crippen LogP contribution in [0, 0.1) is 12.8 Å². The fourth-order valence-electron chi connectivity index (χ4n) is 4.54. The number of piperidine rings is 2. The van der Waals surface area contributed by atoms with Crippen LogP contribution in [0.5, 0.6) is 0 Å². The Morgan fingerprint density at radius 2 is 1.61 bits per heavy atom. The van der Waals surface area contributed by atoms with Gasteiger partial charge < -0.3 is 19.5 Å². The first-order chi connectivity index (χ1) is 16.0. The van der Waals surface area contributed by atoms with E-state index in [2.05, 4.69) is 5.32 Å². The number of carbonyl (C=O) groups excluding carboxylic acids is 3. The molecule has 0 unspecified atom stereocenters. The van der Waals surface area contributed by atoms with E-state index in [4.69, 9.17) is 4.42 Å². The largest absolute Gasteiger partial charge is 0.459 e. The van der Waals surface area contributed by atoms with Crippen molar-refractivity contribution in [1.82, 2.24) is 15.1 Å². The predicted octanol–water partition coefficient (Wildman–Crippen LogP) is 3.26. The van der Waals surface area contributed by atoms with Crippen molar-refractivity contribution in [3.63, 3.8) is 0 Å². The lowest BCUT2D eigenvalue weighted by atomic mass is 9.93. The molecule has 174 valence electrons. The molecular weight excluding hydrogens is 418 g/mol. The summed E-state index contributed by atoms with van der Waals surface area (Å²) in [7, 11) is 0. The maximum absolute atomic E-state index is 13.0. The second-order valence-electron chi connectivity index (χ2n) is 8.85. The molecule has 2 aliphatic rings. The number of nitrogens with one attached hydrogen (secondary N) is 1. The number of amides is 3.